The van der Waals surface area contributed by atoms with E-state index in [9.17, 15) is 0 Å². The summed E-state index contributed by atoms with van der Waals surface area (Å²) in [7, 11) is 2.00. The van der Waals surface area contributed by atoms with Crippen LogP contribution in [0.3, 0.4) is 0 Å². The summed E-state index contributed by atoms with van der Waals surface area (Å²) in [5.74, 6) is 2.11. The fourth-order valence-electron chi connectivity index (χ4n) is 2.06. The third-order valence-corrected chi connectivity index (χ3v) is 3.01. The maximum Gasteiger partial charge on any atom is 0.224 e. The molecule has 5 heteroatoms. The lowest BCUT2D eigenvalue weighted by atomic mass is 10.2. The van der Waals surface area contributed by atoms with Crippen molar-refractivity contribution < 1.29 is 4.42 Å². The van der Waals surface area contributed by atoms with E-state index in [1.165, 1.54) is 5.56 Å². The largest absolute Gasteiger partial charge is 0.425 e. The van der Waals surface area contributed by atoms with Crippen LogP contribution in [0.2, 0.25) is 0 Å². The summed E-state index contributed by atoms with van der Waals surface area (Å²) in [5, 5.41) is 7.83. The molecular formula is C13H14N4O. The lowest BCUT2D eigenvalue weighted by molar-refractivity contribution is 0.472. The average molecular weight is 242 g/mol. The predicted molar refractivity (Wildman–Crippen MR) is 67.3 cm³/mol. The van der Waals surface area contributed by atoms with Gasteiger partial charge in [0.15, 0.2) is 0 Å². The third-order valence-electron chi connectivity index (χ3n) is 3.01. The number of nitrogens with zero attached hydrogens (tertiary/aromatic N) is 4. The Bertz CT molecular complexity index is 711. The summed E-state index contributed by atoms with van der Waals surface area (Å²) in [4.78, 5) is 4.61. The maximum absolute atomic E-state index is 5.39. The molecule has 3 rings (SSSR count). The highest BCUT2D eigenvalue weighted by atomic mass is 16.4. The van der Waals surface area contributed by atoms with Crippen molar-refractivity contribution in [3.8, 4) is 0 Å². The number of hydrogen-bond acceptors (Lipinski definition) is 4. The van der Waals surface area contributed by atoms with Crippen molar-refractivity contribution in [2.75, 3.05) is 0 Å². The summed E-state index contributed by atoms with van der Waals surface area (Å²) in [6, 6.07) is 6.25. The van der Waals surface area contributed by atoms with E-state index in [4.69, 9.17) is 4.42 Å². The molecule has 0 saturated heterocycles. The lowest BCUT2D eigenvalue weighted by Crippen LogP contribution is -1.99. The highest BCUT2D eigenvalue weighted by molar-refractivity contribution is 5.76. The van der Waals surface area contributed by atoms with Crippen molar-refractivity contribution in [2.24, 2.45) is 7.05 Å². The van der Waals surface area contributed by atoms with Gasteiger partial charge in [-0.3, -0.25) is 0 Å². The average Bonchev–Trinajstić information content (AvgIpc) is 2.85. The quantitative estimate of drug-likeness (QED) is 0.691. The molecule has 0 bridgehead atoms. The third kappa shape index (κ3) is 1.77. The van der Waals surface area contributed by atoms with Gasteiger partial charge in [-0.15, -0.1) is 10.2 Å². The van der Waals surface area contributed by atoms with Gasteiger partial charge in [0.25, 0.3) is 0 Å². The summed E-state index contributed by atoms with van der Waals surface area (Å²) in [6.45, 7) is 3.85. The van der Waals surface area contributed by atoms with E-state index in [1.54, 1.807) is 6.92 Å². The SMILES string of the molecule is Cc1ccc2c(c1)nc(Cc1nnc(C)o1)n2C. The fourth-order valence-corrected chi connectivity index (χ4v) is 2.06. The summed E-state index contributed by atoms with van der Waals surface area (Å²) in [6.07, 6.45) is 0.561. The molecule has 18 heavy (non-hydrogen) atoms. The van der Waals surface area contributed by atoms with Crippen LogP contribution in [0.1, 0.15) is 23.2 Å². The van der Waals surface area contributed by atoms with Crippen LogP contribution in [0.25, 0.3) is 11.0 Å². The van der Waals surface area contributed by atoms with E-state index in [0.717, 1.165) is 16.9 Å². The summed E-state index contributed by atoms with van der Waals surface area (Å²) in [5.41, 5.74) is 3.33. The zero-order valence-corrected chi connectivity index (χ0v) is 10.6. The van der Waals surface area contributed by atoms with Gasteiger partial charge >= 0.3 is 0 Å². The Labute approximate surface area is 104 Å². The Morgan fingerprint density at radius 2 is 2.06 bits per heavy atom. The Kier molecular flexibility index (Phi) is 2.40. The number of imidazole rings is 1. The van der Waals surface area contributed by atoms with Crippen molar-refractivity contribution in [1.82, 2.24) is 19.7 Å². The first-order chi connectivity index (χ1) is 8.63. The van der Waals surface area contributed by atoms with Crippen molar-refractivity contribution >= 4 is 11.0 Å². The maximum atomic E-state index is 5.39. The molecule has 0 fully saturated rings. The first-order valence-electron chi connectivity index (χ1n) is 5.84. The molecule has 0 unspecified atom stereocenters. The van der Waals surface area contributed by atoms with E-state index in [-0.39, 0.29) is 0 Å². The Balaban J connectivity index is 2.04. The van der Waals surface area contributed by atoms with Crippen LogP contribution in [0, 0.1) is 13.8 Å². The second-order valence-corrected chi connectivity index (χ2v) is 4.47. The Morgan fingerprint density at radius 1 is 1.22 bits per heavy atom. The van der Waals surface area contributed by atoms with Gasteiger partial charge < -0.3 is 8.98 Å². The fraction of sp³-hybridized carbons (Fsp3) is 0.308. The molecule has 0 saturated carbocycles. The molecule has 0 N–H and O–H groups in total. The summed E-state index contributed by atoms with van der Waals surface area (Å²) < 4.78 is 7.45. The monoisotopic (exact) mass is 242 g/mol. The summed E-state index contributed by atoms with van der Waals surface area (Å²) >= 11 is 0. The first kappa shape index (κ1) is 11.0. The van der Waals surface area contributed by atoms with Crippen LogP contribution in [0.4, 0.5) is 0 Å². The van der Waals surface area contributed by atoms with Crippen molar-refractivity contribution in [2.45, 2.75) is 20.3 Å². The number of aryl methyl sites for hydroxylation is 3. The number of benzene rings is 1. The molecule has 5 nitrogen and oxygen atoms in total. The van der Waals surface area contributed by atoms with Crippen molar-refractivity contribution in [3.05, 3.63) is 41.4 Å². The zero-order valence-electron chi connectivity index (χ0n) is 10.6. The van der Waals surface area contributed by atoms with Crippen molar-refractivity contribution in [3.63, 3.8) is 0 Å². The van der Waals surface area contributed by atoms with Gasteiger partial charge in [0, 0.05) is 14.0 Å². The van der Waals surface area contributed by atoms with Crippen LogP contribution < -0.4 is 0 Å². The second-order valence-electron chi connectivity index (χ2n) is 4.47. The van der Waals surface area contributed by atoms with Crippen LogP contribution in [-0.2, 0) is 13.5 Å². The Hall–Kier alpha value is -2.17. The molecule has 3 aromatic rings. The number of aromatic nitrogens is 4. The highest BCUT2D eigenvalue weighted by Gasteiger charge is 2.11. The second kappa shape index (κ2) is 3.94. The molecule has 2 heterocycles. The van der Waals surface area contributed by atoms with Gasteiger partial charge in [-0.2, -0.15) is 0 Å². The molecule has 0 amide bonds. The standard InChI is InChI=1S/C13H14N4O/c1-8-4-5-11-10(6-8)14-12(17(11)3)7-13-16-15-9(2)18-13/h4-6H,7H2,1-3H3. The molecule has 0 aliphatic rings. The van der Waals surface area contributed by atoms with E-state index in [1.807, 2.05) is 7.05 Å². The predicted octanol–water partition coefficient (Wildman–Crippen LogP) is 2.16. The Morgan fingerprint density at radius 3 is 2.78 bits per heavy atom. The zero-order chi connectivity index (χ0) is 12.7. The molecule has 0 radical (unpaired) electrons. The van der Waals surface area contributed by atoms with Crippen LogP contribution >= 0.6 is 0 Å². The van der Waals surface area contributed by atoms with E-state index >= 15 is 0 Å². The molecular weight excluding hydrogens is 228 g/mol. The molecule has 0 atom stereocenters. The van der Waals surface area contributed by atoms with Gasteiger partial charge in [0.2, 0.25) is 11.8 Å². The van der Waals surface area contributed by atoms with E-state index in [2.05, 4.69) is 44.9 Å². The highest BCUT2D eigenvalue weighted by Crippen LogP contribution is 2.18. The van der Waals surface area contributed by atoms with Crippen LogP contribution in [0.5, 0.6) is 0 Å². The minimum Gasteiger partial charge on any atom is -0.425 e. The van der Waals surface area contributed by atoms with Crippen LogP contribution in [0.15, 0.2) is 22.6 Å². The van der Waals surface area contributed by atoms with Gasteiger partial charge in [0.1, 0.15) is 5.82 Å². The molecule has 0 aliphatic carbocycles. The molecule has 0 spiro atoms. The smallest absolute Gasteiger partial charge is 0.224 e. The van der Waals surface area contributed by atoms with Gasteiger partial charge in [0.05, 0.1) is 17.5 Å². The van der Waals surface area contributed by atoms with Gasteiger partial charge in [-0.05, 0) is 24.6 Å². The minimum atomic E-state index is 0.561. The molecule has 92 valence electrons. The van der Waals surface area contributed by atoms with Crippen molar-refractivity contribution in [1.29, 1.82) is 0 Å². The topological polar surface area (TPSA) is 56.7 Å². The molecule has 0 aliphatic heterocycles. The van der Waals surface area contributed by atoms with Crippen LogP contribution in [-0.4, -0.2) is 19.7 Å². The van der Waals surface area contributed by atoms with E-state index < -0.39 is 0 Å². The minimum absolute atomic E-state index is 0.561. The number of hydrogen-bond donors (Lipinski definition) is 0. The number of rotatable bonds is 2. The molecule has 2 aromatic heterocycles. The van der Waals surface area contributed by atoms with E-state index in [0.29, 0.717) is 18.2 Å². The number of fused-ring (bicyclic) bond motifs is 1. The van der Waals surface area contributed by atoms with Gasteiger partial charge in [-0.1, -0.05) is 6.07 Å². The van der Waals surface area contributed by atoms with Gasteiger partial charge in [-0.25, -0.2) is 4.98 Å². The first-order valence-corrected chi connectivity index (χ1v) is 5.84. The normalized spacial score (nSPS) is 11.3. The lowest BCUT2D eigenvalue weighted by Gasteiger charge is -1.99. The molecule has 1 aromatic carbocycles.